The number of ether oxygens (including phenoxy) is 1. The maximum atomic E-state index is 8.95. The predicted octanol–water partition coefficient (Wildman–Crippen LogP) is 4.47. The average Bonchev–Trinajstić information content (AvgIpc) is 2.80. The Morgan fingerprint density at radius 2 is 1.31 bits per heavy atom. The molecule has 8 heteroatoms. The molecule has 0 saturated carbocycles. The van der Waals surface area contributed by atoms with E-state index >= 15 is 0 Å². The van der Waals surface area contributed by atoms with Gasteiger partial charge in [0.05, 0.1) is 24.2 Å². The number of rotatable bonds is 9. The Hall–Kier alpha value is -3.68. The molecule has 8 nitrogen and oxygen atoms in total. The number of methoxy groups -OCH3 is 1. The van der Waals surface area contributed by atoms with E-state index in [1.54, 1.807) is 0 Å². The summed E-state index contributed by atoms with van der Waals surface area (Å²) >= 11 is 0. The first-order valence-corrected chi connectivity index (χ1v) is 9.87. The van der Waals surface area contributed by atoms with Crippen LogP contribution in [0.25, 0.3) is 0 Å². The van der Waals surface area contributed by atoms with Gasteiger partial charge in [-0.05, 0) is 44.4 Å². The molecule has 0 radical (unpaired) electrons. The van der Waals surface area contributed by atoms with Gasteiger partial charge >= 0.3 is 0 Å². The number of oxime groups is 3. The van der Waals surface area contributed by atoms with Crippen molar-refractivity contribution in [1.82, 2.24) is 0 Å². The lowest BCUT2D eigenvalue weighted by Crippen LogP contribution is -2.05. The lowest BCUT2D eigenvalue weighted by atomic mass is 10.00. The van der Waals surface area contributed by atoms with Gasteiger partial charge in [-0.15, -0.1) is 0 Å². The monoisotopic (exact) mass is 441 g/mol. The Bertz CT molecular complexity index is 951. The summed E-state index contributed by atoms with van der Waals surface area (Å²) in [5.41, 5.74) is 7.55. The molecule has 0 aliphatic heterocycles. The zero-order valence-electron chi connectivity index (χ0n) is 19.7. The highest BCUT2D eigenvalue weighted by Gasteiger charge is 2.10. The Labute approximate surface area is 189 Å². The fourth-order valence-corrected chi connectivity index (χ4v) is 2.81. The molecule has 2 aromatic carbocycles. The van der Waals surface area contributed by atoms with Crippen LogP contribution in [0.2, 0.25) is 0 Å². The van der Waals surface area contributed by atoms with Crippen LogP contribution in [0.3, 0.4) is 0 Å². The molecule has 2 aromatic rings. The van der Waals surface area contributed by atoms with Gasteiger partial charge in [-0.2, -0.15) is 0 Å². The standard InChI is InChI=1S/C22H27N3O3.C2H4O2/c1-15-8-7-9-21(18(4)24-27-6)22(15)14-28-25-17(3)20-12-10-19(11-13-20)16(2)23-26-5;1-4-2-3/h7-13H,14H2,1-6H3;2H,1H3/b23-16+,24-18-,25-17+;. The SMILES string of the molecule is CO/N=C(/C)c1cccc(C)c1CO/N=C(\C)c1ccc(/C(C)=N/OC)cc1.COC=O. The van der Waals surface area contributed by atoms with E-state index < -0.39 is 0 Å². The van der Waals surface area contributed by atoms with Crippen LogP contribution in [0.1, 0.15) is 48.6 Å². The third-order valence-corrected chi connectivity index (χ3v) is 4.48. The van der Waals surface area contributed by atoms with E-state index in [1.165, 1.54) is 21.3 Å². The van der Waals surface area contributed by atoms with E-state index in [2.05, 4.69) is 20.2 Å². The van der Waals surface area contributed by atoms with Crippen LogP contribution in [-0.2, 0) is 30.7 Å². The summed E-state index contributed by atoms with van der Waals surface area (Å²) < 4.78 is 3.86. The molecule has 0 aliphatic carbocycles. The molecule has 0 bridgehead atoms. The predicted molar refractivity (Wildman–Crippen MR) is 126 cm³/mol. The van der Waals surface area contributed by atoms with Gasteiger partial charge in [0.25, 0.3) is 6.47 Å². The van der Waals surface area contributed by atoms with Gasteiger partial charge in [0.2, 0.25) is 0 Å². The average molecular weight is 442 g/mol. The van der Waals surface area contributed by atoms with E-state index in [0.717, 1.165) is 45.0 Å². The zero-order valence-corrected chi connectivity index (χ0v) is 19.7. The second-order valence-electron chi connectivity index (χ2n) is 6.68. The van der Waals surface area contributed by atoms with Crippen LogP contribution in [0.5, 0.6) is 0 Å². The number of hydrogen-bond acceptors (Lipinski definition) is 8. The van der Waals surface area contributed by atoms with Gasteiger partial charge in [0.1, 0.15) is 20.8 Å². The summed E-state index contributed by atoms with van der Waals surface area (Å²) in [6.45, 7) is 8.50. The first kappa shape index (κ1) is 26.4. The van der Waals surface area contributed by atoms with Crippen LogP contribution in [0.4, 0.5) is 0 Å². The van der Waals surface area contributed by atoms with Crippen molar-refractivity contribution in [3.8, 4) is 0 Å². The molecular weight excluding hydrogens is 410 g/mol. The third-order valence-electron chi connectivity index (χ3n) is 4.48. The van der Waals surface area contributed by atoms with Gasteiger partial charge in [-0.25, -0.2) is 0 Å². The van der Waals surface area contributed by atoms with Gasteiger partial charge < -0.3 is 19.2 Å². The largest absolute Gasteiger partial charge is 0.471 e. The number of carbonyl (C=O) groups excluding carboxylic acids is 1. The van der Waals surface area contributed by atoms with Crippen LogP contribution in [0.15, 0.2) is 57.9 Å². The van der Waals surface area contributed by atoms with Crippen molar-refractivity contribution in [2.75, 3.05) is 21.3 Å². The molecular formula is C24H31N3O5. The van der Waals surface area contributed by atoms with Gasteiger partial charge in [0, 0.05) is 11.1 Å². The van der Waals surface area contributed by atoms with Gasteiger partial charge in [0.15, 0.2) is 0 Å². The Morgan fingerprint density at radius 3 is 1.81 bits per heavy atom. The van der Waals surface area contributed by atoms with Crippen molar-refractivity contribution in [2.45, 2.75) is 34.3 Å². The highest BCUT2D eigenvalue weighted by Crippen LogP contribution is 2.17. The van der Waals surface area contributed by atoms with Crippen LogP contribution in [-0.4, -0.2) is 44.9 Å². The molecule has 0 amide bonds. The maximum absolute atomic E-state index is 8.95. The molecule has 2 rings (SSSR count). The minimum Gasteiger partial charge on any atom is -0.471 e. The molecule has 0 fully saturated rings. The minimum absolute atomic E-state index is 0.355. The van der Waals surface area contributed by atoms with Crippen molar-refractivity contribution in [3.05, 3.63) is 70.3 Å². The summed E-state index contributed by atoms with van der Waals surface area (Å²) in [5, 5.41) is 12.2. The van der Waals surface area contributed by atoms with Crippen LogP contribution < -0.4 is 0 Å². The summed E-state index contributed by atoms with van der Waals surface area (Å²) in [7, 11) is 4.39. The molecule has 0 aromatic heterocycles. The van der Waals surface area contributed by atoms with E-state index in [9.17, 15) is 0 Å². The highest BCUT2D eigenvalue weighted by molar-refractivity contribution is 6.02. The number of benzene rings is 2. The summed E-state index contributed by atoms with van der Waals surface area (Å²) in [5.74, 6) is 0. The molecule has 0 heterocycles. The highest BCUT2D eigenvalue weighted by atomic mass is 16.6. The zero-order chi connectivity index (χ0) is 23.9. The smallest absolute Gasteiger partial charge is 0.292 e. The number of nitrogens with zero attached hydrogens (tertiary/aromatic N) is 3. The van der Waals surface area contributed by atoms with Crippen LogP contribution >= 0.6 is 0 Å². The fraction of sp³-hybridized carbons (Fsp3) is 0.333. The Morgan fingerprint density at radius 1 is 0.812 bits per heavy atom. The third kappa shape index (κ3) is 8.22. The molecule has 172 valence electrons. The maximum Gasteiger partial charge on any atom is 0.292 e. The molecule has 0 unspecified atom stereocenters. The summed E-state index contributed by atoms with van der Waals surface area (Å²) in [4.78, 5) is 24.3. The number of carbonyl (C=O) groups is 1. The molecule has 0 N–H and O–H groups in total. The Balaban J connectivity index is 0.00000118. The van der Waals surface area contributed by atoms with Gasteiger partial charge in [-0.1, -0.05) is 57.9 Å². The second kappa shape index (κ2) is 14.3. The van der Waals surface area contributed by atoms with Crippen molar-refractivity contribution in [2.24, 2.45) is 15.5 Å². The first-order valence-electron chi connectivity index (χ1n) is 9.87. The molecule has 32 heavy (non-hydrogen) atoms. The van der Waals surface area contributed by atoms with E-state index in [0.29, 0.717) is 13.1 Å². The van der Waals surface area contributed by atoms with Crippen LogP contribution in [0, 0.1) is 6.92 Å². The fourth-order valence-electron chi connectivity index (χ4n) is 2.81. The quantitative estimate of drug-likeness (QED) is 0.325. The molecule has 0 atom stereocenters. The first-order chi connectivity index (χ1) is 15.4. The van der Waals surface area contributed by atoms with E-state index in [4.69, 9.17) is 19.3 Å². The van der Waals surface area contributed by atoms with E-state index in [1.807, 2.05) is 70.2 Å². The second-order valence-corrected chi connectivity index (χ2v) is 6.68. The topological polar surface area (TPSA) is 91.1 Å². The molecule has 0 saturated heterocycles. The number of aryl methyl sites for hydroxylation is 1. The van der Waals surface area contributed by atoms with Gasteiger partial charge in [-0.3, -0.25) is 4.79 Å². The van der Waals surface area contributed by atoms with Crippen molar-refractivity contribution in [3.63, 3.8) is 0 Å². The van der Waals surface area contributed by atoms with Crippen molar-refractivity contribution >= 4 is 23.6 Å². The lowest BCUT2D eigenvalue weighted by molar-refractivity contribution is -0.126. The van der Waals surface area contributed by atoms with E-state index in [-0.39, 0.29) is 0 Å². The van der Waals surface area contributed by atoms with Crippen molar-refractivity contribution in [1.29, 1.82) is 0 Å². The molecule has 0 aliphatic rings. The lowest BCUT2D eigenvalue weighted by Gasteiger charge is -2.11. The van der Waals surface area contributed by atoms with Crippen molar-refractivity contribution < 1.29 is 24.0 Å². The number of hydrogen-bond donors (Lipinski definition) is 0. The summed E-state index contributed by atoms with van der Waals surface area (Å²) in [6.07, 6.45) is 0. The summed E-state index contributed by atoms with van der Waals surface area (Å²) in [6, 6.07) is 14.0. The molecule has 0 spiro atoms. The Kier molecular flexibility index (Phi) is 11.8. The normalized spacial score (nSPS) is 11.8. The minimum atomic E-state index is 0.355.